The molecule has 1 aromatic carbocycles. The van der Waals surface area contributed by atoms with Crippen LogP contribution in [0.4, 0.5) is 0 Å². The lowest BCUT2D eigenvalue weighted by atomic mass is 9.88. The van der Waals surface area contributed by atoms with E-state index in [4.69, 9.17) is 16.4 Å². The van der Waals surface area contributed by atoms with Crippen LogP contribution < -0.4 is 0 Å². The van der Waals surface area contributed by atoms with Gasteiger partial charge in [0, 0.05) is 5.02 Å². The number of carbonyl (C=O) groups excluding carboxylic acids is 2. The first kappa shape index (κ1) is 17.4. The Morgan fingerprint density at radius 2 is 1.95 bits per heavy atom. The number of hydrogen-bond donors (Lipinski definition) is 0. The van der Waals surface area contributed by atoms with Crippen LogP contribution in [0.3, 0.4) is 0 Å². The molecule has 0 amide bonds. The van der Waals surface area contributed by atoms with Gasteiger partial charge in [-0.3, -0.25) is 4.79 Å². The number of benzene rings is 1. The standard InChI is InChI=1S/C15H12Br2ClNO3/c1-8-7-11(20)15(2,17)13(16)12(8)19-22-14(21)9-3-5-10(18)6-4-9/h3-7,13H,1-2H3. The third kappa shape index (κ3) is 3.50. The average Bonchev–Trinajstić information content (AvgIpc) is 2.46. The second-order valence-electron chi connectivity index (χ2n) is 4.99. The molecule has 0 aromatic heterocycles. The van der Waals surface area contributed by atoms with Gasteiger partial charge in [-0.05, 0) is 49.8 Å². The number of halogens is 3. The predicted octanol–water partition coefficient (Wildman–Crippen LogP) is 4.30. The summed E-state index contributed by atoms with van der Waals surface area (Å²) >= 11 is 12.6. The highest BCUT2D eigenvalue weighted by molar-refractivity contribution is 9.13. The van der Waals surface area contributed by atoms with Gasteiger partial charge >= 0.3 is 5.97 Å². The molecule has 0 N–H and O–H groups in total. The van der Waals surface area contributed by atoms with Crippen LogP contribution in [0.5, 0.6) is 0 Å². The molecule has 1 aliphatic rings. The molecule has 0 saturated carbocycles. The molecule has 0 fully saturated rings. The molecule has 0 radical (unpaired) electrons. The van der Waals surface area contributed by atoms with Crippen molar-refractivity contribution in [3.63, 3.8) is 0 Å². The zero-order valence-electron chi connectivity index (χ0n) is 11.8. The summed E-state index contributed by atoms with van der Waals surface area (Å²) in [7, 11) is 0. The molecule has 2 unspecified atom stereocenters. The second kappa shape index (κ2) is 6.64. The molecule has 0 saturated heterocycles. The number of nitrogens with zero attached hydrogens (tertiary/aromatic N) is 1. The minimum absolute atomic E-state index is 0.0742. The average molecular weight is 450 g/mol. The Kier molecular flexibility index (Phi) is 5.25. The van der Waals surface area contributed by atoms with E-state index in [0.717, 1.165) is 0 Å². The lowest BCUT2D eigenvalue weighted by Gasteiger charge is -2.30. The zero-order valence-corrected chi connectivity index (χ0v) is 15.7. The maximum Gasteiger partial charge on any atom is 0.365 e. The summed E-state index contributed by atoms with van der Waals surface area (Å²) < 4.78 is -0.835. The summed E-state index contributed by atoms with van der Waals surface area (Å²) in [5.74, 6) is -0.667. The van der Waals surface area contributed by atoms with Crippen molar-refractivity contribution >= 4 is 60.9 Å². The SMILES string of the molecule is CC1=CC(=O)C(C)(Br)C(Br)C1=NOC(=O)c1ccc(Cl)cc1. The van der Waals surface area contributed by atoms with Crippen LogP contribution in [-0.2, 0) is 9.63 Å². The summed E-state index contributed by atoms with van der Waals surface area (Å²) in [4.78, 5) is 28.5. The molecule has 0 aliphatic heterocycles. The van der Waals surface area contributed by atoms with E-state index in [1.807, 2.05) is 0 Å². The largest absolute Gasteiger partial charge is 0.365 e. The molecular formula is C15H12Br2ClNO3. The number of carbonyl (C=O) groups is 2. The van der Waals surface area contributed by atoms with E-state index in [2.05, 4.69) is 37.0 Å². The van der Waals surface area contributed by atoms with Crippen molar-refractivity contribution < 1.29 is 14.4 Å². The van der Waals surface area contributed by atoms with Crippen LogP contribution in [0.1, 0.15) is 24.2 Å². The fraction of sp³-hybridized carbons (Fsp3) is 0.267. The number of ketones is 1. The van der Waals surface area contributed by atoms with Crippen molar-refractivity contribution in [2.75, 3.05) is 0 Å². The van der Waals surface area contributed by atoms with E-state index in [9.17, 15) is 9.59 Å². The highest BCUT2D eigenvalue weighted by atomic mass is 79.9. The predicted molar refractivity (Wildman–Crippen MR) is 93.1 cm³/mol. The molecule has 7 heteroatoms. The fourth-order valence-electron chi connectivity index (χ4n) is 1.84. The number of oxime groups is 1. The maximum atomic E-state index is 12.0. The summed E-state index contributed by atoms with van der Waals surface area (Å²) in [6, 6.07) is 6.30. The van der Waals surface area contributed by atoms with Gasteiger partial charge in [-0.1, -0.05) is 48.6 Å². The van der Waals surface area contributed by atoms with Crippen LogP contribution in [0.25, 0.3) is 0 Å². The lowest BCUT2D eigenvalue weighted by Crippen LogP contribution is -2.45. The fourth-order valence-corrected chi connectivity index (χ4v) is 2.97. The van der Waals surface area contributed by atoms with E-state index in [0.29, 0.717) is 21.9 Å². The first-order valence-electron chi connectivity index (χ1n) is 6.34. The van der Waals surface area contributed by atoms with E-state index in [1.54, 1.807) is 38.1 Å². The van der Waals surface area contributed by atoms with Gasteiger partial charge in [0.05, 0.1) is 16.1 Å². The number of alkyl halides is 2. The van der Waals surface area contributed by atoms with Crippen molar-refractivity contribution in [2.24, 2.45) is 5.16 Å². The van der Waals surface area contributed by atoms with Crippen molar-refractivity contribution in [1.82, 2.24) is 0 Å². The third-order valence-corrected chi connectivity index (χ3v) is 6.32. The molecule has 1 aliphatic carbocycles. The van der Waals surface area contributed by atoms with Crippen LogP contribution >= 0.6 is 43.5 Å². The molecular weight excluding hydrogens is 437 g/mol. The van der Waals surface area contributed by atoms with Gasteiger partial charge in [-0.25, -0.2) is 4.79 Å². The minimum atomic E-state index is -0.835. The number of rotatable bonds is 2. The third-order valence-electron chi connectivity index (χ3n) is 3.26. The monoisotopic (exact) mass is 447 g/mol. The maximum absolute atomic E-state index is 12.0. The van der Waals surface area contributed by atoms with Gasteiger partial charge in [0.15, 0.2) is 5.78 Å². The Labute approximate surface area is 149 Å². The zero-order chi connectivity index (χ0) is 16.5. The Hall–Kier alpha value is -0.980. The molecule has 116 valence electrons. The Bertz CT molecular complexity index is 681. The normalized spacial score (nSPS) is 26.8. The molecule has 0 spiro atoms. The Morgan fingerprint density at radius 1 is 1.36 bits per heavy atom. The molecule has 1 aromatic rings. The first-order valence-corrected chi connectivity index (χ1v) is 8.43. The van der Waals surface area contributed by atoms with E-state index >= 15 is 0 Å². The highest BCUT2D eigenvalue weighted by Crippen LogP contribution is 2.36. The summed E-state index contributed by atoms with van der Waals surface area (Å²) in [6.07, 6.45) is 1.47. The molecule has 0 heterocycles. The smallest absolute Gasteiger partial charge is 0.312 e. The minimum Gasteiger partial charge on any atom is -0.312 e. The number of allylic oxidation sites excluding steroid dienone is 2. The van der Waals surface area contributed by atoms with Gasteiger partial charge in [-0.2, -0.15) is 0 Å². The quantitative estimate of drug-likeness (QED) is 0.384. The number of hydrogen-bond acceptors (Lipinski definition) is 4. The van der Waals surface area contributed by atoms with Gasteiger partial charge < -0.3 is 4.84 Å². The topological polar surface area (TPSA) is 55.7 Å². The first-order chi connectivity index (χ1) is 10.2. The summed E-state index contributed by atoms with van der Waals surface area (Å²) in [5, 5.41) is 4.44. The van der Waals surface area contributed by atoms with Crippen LogP contribution in [0.2, 0.25) is 5.02 Å². The van der Waals surface area contributed by atoms with Gasteiger partial charge in [-0.15, -0.1) is 0 Å². The second-order valence-corrected chi connectivity index (χ2v) is 7.99. The van der Waals surface area contributed by atoms with Gasteiger partial charge in [0.1, 0.15) is 4.32 Å². The summed E-state index contributed by atoms with van der Waals surface area (Å²) in [5.41, 5.74) is 1.48. The van der Waals surface area contributed by atoms with Gasteiger partial charge in [0.2, 0.25) is 0 Å². The molecule has 4 nitrogen and oxygen atoms in total. The van der Waals surface area contributed by atoms with Crippen molar-refractivity contribution in [3.05, 3.63) is 46.5 Å². The van der Waals surface area contributed by atoms with Crippen molar-refractivity contribution in [2.45, 2.75) is 23.0 Å². The van der Waals surface area contributed by atoms with Crippen LogP contribution in [0.15, 0.2) is 41.1 Å². The molecule has 0 bridgehead atoms. The van der Waals surface area contributed by atoms with Gasteiger partial charge in [0.25, 0.3) is 0 Å². The van der Waals surface area contributed by atoms with E-state index in [-0.39, 0.29) is 5.78 Å². The van der Waals surface area contributed by atoms with Crippen molar-refractivity contribution in [3.8, 4) is 0 Å². The van der Waals surface area contributed by atoms with E-state index < -0.39 is 15.1 Å². The Balaban J connectivity index is 2.22. The Morgan fingerprint density at radius 3 is 2.55 bits per heavy atom. The molecule has 2 rings (SSSR count). The van der Waals surface area contributed by atoms with Crippen molar-refractivity contribution in [1.29, 1.82) is 0 Å². The van der Waals surface area contributed by atoms with Crippen LogP contribution in [-0.4, -0.2) is 26.6 Å². The van der Waals surface area contributed by atoms with Crippen LogP contribution in [0, 0.1) is 0 Å². The molecule has 2 atom stereocenters. The van der Waals surface area contributed by atoms with E-state index in [1.165, 1.54) is 6.08 Å². The lowest BCUT2D eigenvalue weighted by molar-refractivity contribution is -0.116. The molecule has 22 heavy (non-hydrogen) atoms. The highest BCUT2D eigenvalue weighted by Gasteiger charge is 2.43. The summed E-state index contributed by atoms with van der Waals surface area (Å²) in [6.45, 7) is 3.47.